The molecule has 0 aliphatic carbocycles. The molecule has 1 aromatic rings. The molecule has 0 saturated carbocycles. The van der Waals surface area contributed by atoms with Crippen LogP contribution in [0.1, 0.15) is 12.0 Å². The van der Waals surface area contributed by atoms with E-state index in [2.05, 4.69) is 15.2 Å². The first kappa shape index (κ1) is 14.0. The number of rotatable bonds is 5. The molecule has 0 radical (unpaired) electrons. The lowest BCUT2D eigenvalue weighted by Crippen LogP contribution is -2.47. The van der Waals surface area contributed by atoms with E-state index in [0.717, 1.165) is 39.3 Å². The summed E-state index contributed by atoms with van der Waals surface area (Å²) >= 11 is 0. The molecule has 2 rings (SSSR count). The molecule has 104 valence electrons. The van der Waals surface area contributed by atoms with Crippen LogP contribution in [0, 0.1) is 0 Å². The number of carbonyl (C=O) groups is 1. The number of carbonyl (C=O) groups excluding carboxylic acids is 1. The molecule has 2 heterocycles. The van der Waals surface area contributed by atoms with E-state index in [-0.39, 0.29) is 5.91 Å². The zero-order chi connectivity index (χ0) is 13.5. The second kappa shape index (κ2) is 7.21. The van der Waals surface area contributed by atoms with Gasteiger partial charge in [-0.3, -0.25) is 9.78 Å². The Bertz CT molecular complexity index is 390. The Morgan fingerprint density at radius 3 is 2.74 bits per heavy atom. The molecule has 5 heteroatoms. The Morgan fingerprint density at radius 1 is 1.37 bits per heavy atom. The number of amides is 1. The molecule has 1 N–H and O–H groups in total. The molecule has 0 spiro atoms. The van der Waals surface area contributed by atoms with E-state index in [1.165, 1.54) is 5.56 Å². The van der Waals surface area contributed by atoms with E-state index in [9.17, 15) is 4.79 Å². The molecule has 0 unspecified atom stereocenters. The van der Waals surface area contributed by atoms with E-state index >= 15 is 0 Å². The standard InChI is InChI=1S/C14H22N4O/c1-17(12-13-2-5-15-6-3-13)9-4-14(19)18-10-7-16-8-11-18/h2-3,5-6,16H,4,7-12H2,1H3. The van der Waals surface area contributed by atoms with Gasteiger partial charge in [0.2, 0.25) is 5.91 Å². The molecule has 1 saturated heterocycles. The third-order valence-electron chi connectivity index (χ3n) is 3.38. The predicted molar refractivity (Wildman–Crippen MR) is 74.6 cm³/mol. The second-order valence-corrected chi connectivity index (χ2v) is 4.97. The van der Waals surface area contributed by atoms with Crippen LogP contribution in [0.2, 0.25) is 0 Å². The summed E-state index contributed by atoms with van der Waals surface area (Å²) in [6.07, 6.45) is 4.20. The number of pyridine rings is 1. The van der Waals surface area contributed by atoms with Crippen molar-refractivity contribution in [3.63, 3.8) is 0 Å². The van der Waals surface area contributed by atoms with Gasteiger partial charge in [-0.05, 0) is 24.7 Å². The van der Waals surface area contributed by atoms with Gasteiger partial charge in [-0.2, -0.15) is 0 Å². The predicted octanol–water partition coefficient (Wildman–Crippen LogP) is 0.335. The van der Waals surface area contributed by atoms with Crippen LogP contribution < -0.4 is 5.32 Å². The summed E-state index contributed by atoms with van der Waals surface area (Å²) in [5.41, 5.74) is 1.23. The summed E-state index contributed by atoms with van der Waals surface area (Å²) in [6, 6.07) is 4.02. The fourth-order valence-electron chi connectivity index (χ4n) is 2.24. The van der Waals surface area contributed by atoms with Crippen molar-refractivity contribution >= 4 is 5.91 Å². The first-order chi connectivity index (χ1) is 9.25. The van der Waals surface area contributed by atoms with Crippen molar-refractivity contribution in [2.45, 2.75) is 13.0 Å². The molecular formula is C14H22N4O. The molecule has 1 aliphatic rings. The topological polar surface area (TPSA) is 48.5 Å². The van der Waals surface area contributed by atoms with Crippen molar-refractivity contribution in [3.8, 4) is 0 Å². The summed E-state index contributed by atoms with van der Waals surface area (Å²) in [7, 11) is 2.05. The van der Waals surface area contributed by atoms with Crippen molar-refractivity contribution < 1.29 is 4.79 Å². The van der Waals surface area contributed by atoms with Crippen LogP contribution in [-0.4, -0.2) is 60.5 Å². The van der Waals surface area contributed by atoms with E-state index in [1.807, 2.05) is 24.1 Å². The van der Waals surface area contributed by atoms with Crippen LogP contribution in [-0.2, 0) is 11.3 Å². The molecule has 0 aromatic carbocycles. The van der Waals surface area contributed by atoms with Crippen LogP contribution in [0.4, 0.5) is 0 Å². The second-order valence-electron chi connectivity index (χ2n) is 4.97. The highest BCUT2D eigenvalue weighted by Gasteiger charge is 2.16. The highest BCUT2D eigenvalue weighted by Crippen LogP contribution is 2.03. The van der Waals surface area contributed by atoms with Crippen LogP contribution in [0.3, 0.4) is 0 Å². The minimum absolute atomic E-state index is 0.267. The first-order valence-corrected chi connectivity index (χ1v) is 6.81. The fourth-order valence-corrected chi connectivity index (χ4v) is 2.24. The summed E-state index contributed by atoms with van der Waals surface area (Å²) in [6.45, 7) is 5.17. The van der Waals surface area contributed by atoms with Crippen molar-refractivity contribution in [1.82, 2.24) is 20.1 Å². The SMILES string of the molecule is CN(CCC(=O)N1CCNCC1)Cc1ccncc1. The maximum Gasteiger partial charge on any atom is 0.223 e. The van der Waals surface area contributed by atoms with E-state index < -0.39 is 0 Å². The Balaban J connectivity index is 1.71. The van der Waals surface area contributed by atoms with E-state index in [4.69, 9.17) is 0 Å². The number of hydrogen-bond acceptors (Lipinski definition) is 4. The summed E-state index contributed by atoms with van der Waals surface area (Å²) in [5.74, 6) is 0.267. The maximum absolute atomic E-state index is 12.0. The highest BCUT2D eigenvalue weighted by molar-refractivity contribution is 5.76. The van der Waals surface area contributed by atoms with Crippen LogP contribution in [0.15, 0.2) is 24.5 Å². The van der Waals surface area contributed by atoms with Gasteiger partial charge in [0, 0.05) is 58.1 Å². The smallest absolute Gasteiger partial charge is 0.223 e. The monoisotopic (exact) mass is 262 g/mol. The van der Waals surface area contributed by atoms with Crippen molar-refractivity contribution in [1.29, 1.82) is 0 Å². The van der Waals surface area contributed by atoms with Crippen LogP contribution in [0.25, 0.3) is 0 Å². The normalized spacial score (nSPS) is 15.8. The van der Waals surface area contributed by atoms with Crippen molar-refractivity contribution in [2.24, 2.45) is 0 Å². The van der Waals surface area contributed by atoms with Gasteiger partial charge < -0.3 is 15.1 Å². The number of piperazine rings is 1. The zero-order valence-electron chi connectivity index (χ0n) is 11.5. The Kier molecular flexibility index (Phi) is 5.30. The van der Waals surface area contributed by atoms with Gasteiger partial charge in [0.1, 0.15) is 0 Å². The molecule has 1 fully saturated rings. The number of nitrogens with zero attached hydrogens (tertiary/aromatic N) is 3. The number of nitrogens with one attached hydrogen (secondary N) is 1. The lowest BCUT2D eigenvalue weighted by Gasteiger charge is -2.28. The minimum Gasteiger partial charge on any atom is -0.340 e. The molecular weight excluding hydrogens is 240 g/mol. The van der Waals surface area contributed by atoms with Gasteiger partial charge in [0.05, 0.1) is 0 Å². The quantitative estimate of drug-likeness (QED) is 0.831. The zero-order valence-corrected chi connectivity index (χ0v) is 11.5. The maximum atomic E-state index is 12.0. The number of aromatic nitrogens is 1. The molecule has 1 aliphatic heterocycles. The molecule has 5 nitrogen and oxygen atoms in total. The average Bonchev–Trinajstić information content (AvgIpc) is 2.47. The first-order valence-electron chi connectivity index (χ1n) is 6.81. The summed E-state index contributed by atoms with van der Waals surface area (Å²) in [4.78, 5) is 20.2. The Morgan fingerprint density at radius 2 is 2.05 bits per heavy atom. The minimum atomic E-state index is 0.267. The van der Waals surface area contributed by atoms with Gasteiger partial charge in [-0.1, -0.05) is 0 Å². The molecule has 0 bridgehead atoms. The fraction of sp³-hybridized carbons (Fsp3) is 0.571. The molecule has 1 amide bonds. The third-order valence-corrected chi connectivity index (χ3v) is 3.38. The van der Waals surface area contributed by atoms with Gasteiger partial charge >= 0.3 is 0 Å². The molecule has 1 aromatic heterocycles. The van der Waals surface area contributed by atoms with Crippen molar-refractivity contribution in [2.75, 3.05) is 39.8 Å². The van der Waals surface area contributed by atoms with Crippen molar-refractivity contribution in [3.05, 3.63) is 30.1 Å². The third kappa shape index (κ3) is 4.61. The molecule has 19 heavy (non-hydrogen) atoms. The van der Waals surface area contributed by atoms with Crippen LogP contribution >= 0.6 is 0 Å². The van der Waals surface area contributed by atoms with Crippen LogP contribution in [0.5, 0.6) is 0 Å². The summed E-state index contributed by atoms with van der Waals surface area (Å²) in [5, 5.41) is 3.26. The van der Waals surface area contributed by atoms with Gasteiger partial charge in [0.25, 0.3) is 0 Å². The van der Waals surface area contributed by atoms with E-state index in [0.29, 0.717) is 6.42 Å². The number of hydrogen-bond donors (Lipinski definition) is 1. The van der Waals surface area contributed by atoms with E-state index in [1.54, 1.807) is 12.4 Å². The largest absolute Gasteiger partial charge is 0.340 e. The molecule has 0 atom stereocenters. The van der Waals surface area contributed by atoms with Gasteiger partial charge in [0.15, 0.2) is 0 Å². The average molecular weight is 262 g/mol. The lowest BCUT2D eigenvalue weighted by atomic mass is 10.2. The Hall–Kier alpha value is -1.46. The van der Waals surface area contributed by atoms with Gasteiger partial charge in [-0.25, -0.2) is 0 Å². The van der Waals surface area contributed by atoms with Gasteiger partial charge in [-0.15, -0.1) is 0 Å². The lowest BCUT2D eigenvalue weighted by molar-refractivity contribution is -0.132. The summed E-state index contributed by atoms with van der Waals surface area (Å²) < 4.78 is 0. The Labute approximate surface area is 114 Å². The highest BCUT2D eigenvalue weighted by atomic mass is 16.2.